The van der Waals surface area contributed by atoms with E-state index in [9.17, 15) is 24.6 Å². The van der Waals surface area contributed by atoms with Crippen molar-refractivity contribution in [3.8, 4) is 11.5 Å². The second-order valence-corrected chi connectivity index (χ2v) is 3.54. The van der Waals surface area contributed by atoms with Crippen molar-refractivity contribution in [3.05, 3.63) is 29.3 Å². The molecule has 1 aliphatic rings. The van der Waals surface area contributed by atoms with Gasteiger partial charge in [-0.05, 0) is 24.3 Å². The van der Waals surface area contributed by atoms with Gasteiger partial charge < -0.3 is 10.2 Å². The number of barbiturate groups is 1. The molecule has 1 fully saturated rings. The molecule has 0 atom stereocenters. The summed E-state index contributed by atoms with van der Waals surface area (Å²) in [5.74, 6) is -2.08. The molecule has 1 aromatic rings. The molecule has 7 heteroatoms. The second kappa shape index (κ2) is 4.21. The highest BCUT2D eigenvalue weighted by molar-refractivity contribution is 6.31. The van der Waals surface area contributed by atoms with Gasteiger partial charge in [0.1, 0.15) is 17.1 Å². The van der Waals surface area contributed by atoms with Gasteiger partial charge >= 0.3 is 6.03 Å². The van der Waals surface area contributed by atoms with Gasteiger partial charge in [0.05, 0.1) is 0 Å². The quantitative estimate of drug-likeness (QED) is 0.313. The standard InChI is InChI=1S/C11H8N2O5/c14-6-1-2-8(15)5(3-6)4-7-9(16)12-11(18)13-10(7)17/h1-4,14-15H,(H2,12,13,16,17,18). The molecular formula is C11H8N2O5. The van der Waals surface area contributed by atoms with Crippen LogP contribution in [-0.4, -0.2) is 28.1 Å². The molecular weight excluding hydrogens is 240 g/mol. The number of phenolic OH excluding ortho intramolecular Hbond substituents is 2. The number of urea groups is 1. The summed E-state index contributed by atoms with van der Waals surface area (Å²) >= 11 is 0. The maximum atomic E-state index is 11.4. The van der Waals surface area contributed by atoms with E-state index in [0.29, 0.717) is 0 Å². The first-order valence-electron chi connectivity index (χ1n) is 4.87. The third-order valence-corrected chi connectivity index (χ3v) is 2.25. The fourth-order valence-corrected chi connectivity index (χ4v) is 1.42. The van der Waals surface area contributed by atoms with Gasteiger partial charge in [-0.3, -0.25) is 20.2 Å². The predicted molar refractivity (Wildman–Crippen MR) is 59.4 cm³/mol. The third-order valence-electron chi connectivity index (χ3n) is 2.25. The van der Waals surface area contributed by atoms with Gasteiger partial charge in [-0.15, -0.1) is 0 Å². The van der Waals surface area contributed by atoms with Crippen LogP contribution in [0, 0.1) is 0 Å². The number of phenols is 2. The van der Waals surface area contributed by atoms with Crippen LogP contribution in [0.3, 0.4) is 0 Å². The van der Waals surface area contributed by atoms with Gasteiger partial charge in [-0.2, -0.15) is 0 Å². The molecule has 0 spiro atoms. The Hall–Kier alpha value is -2.83. The van der Waals surface area contributed by atoms with Crippen molar-refractivity contribution in [3.63, 3.8) is 0 Å². The Morgan fingerprint density at radius 2 is 1.61 bits per heavy atom. The van der Waals surface area contributed by atoms with E-state index < -0.39 is 17.8 Å². The zero-order valence-corrected chi connectivity index (χ0v) is 8.93. The Morgan fingerprint density at radius 1 is 1.00 bits per heavy atom. The van der Waals surface area contributed by atoms with Crippen molar-refractivity contribution >= 4 is 23.9 Å². The molecule has 0 unspecified atom stereocenters. The number of nitrogens with one attached hydrogen (secondary N) is 2. The minimum atomic E-state index is -0.901. The van der Waals surface area contributed by atoms with Crippen LogP contribution in [0.5, 0.6) is 11.5 Å². The molecule has 92 valence electrons. The lowest BCUT2D eigenvalue weighted by atomic mass is 10.1. The molecule has 2 rings (SSSR count). The van der Waals surface area contributed by atoms with Crippen LogP contribution in [0.15, 0.2) is 23.8 Å². The molecule has 1 aromatic carbocycles. The molecule has 1 saturated heterocycles. The summed E-state index contributed by atoms with van der Waals surface area (Å²) in [6.45, 7) is 0. The molecule has 0 aliphatic carbocycles. The molecule has 0 saturated carbocycles. The average Bonchev–Trinajstić information content (AvgIpc) is 2.28. The van der Waals surface area contributed by atoms with E-state index in [0.717, 1.165) is 6.08 Å². The van der Waals surface area contributed by atoms with Gasteiger partial charge in [0.25, 0.3) is 11.8 Å². The van der Waals surface area contributed by atoms with Crippen LogP contribution < -0.4 is 10.6 Å². The fourth-order valence-electron chi connectivity index (χ4n) is 1.42. The van der Waals surface area contributed by atoms with Gasteiger partial charge in [-0.25, -0.2) is 4.79 Å². The van der Waals surface area contributed by atoms with E-state index in [1.165, 1.54) is 18.2 Å². The van der Waals surface area contributed by atoms with Crippen LogP contribution in [0.4, 0.5) is 4.79 Å². The van der Waals surface area contributed by atoms with E-state index in [1.54, 1.807) is 0 Å². The van der Waals surface area contributed by atoms with Crippen molar-refractivity contribution in [2.24, 2.45) is 0 Å². The van der Waals surface area contributed by atoms with E-state index in [4.69, 9.17) is 0 Å². The number of hydrogen-bond acceptors (Lipinski definition) is 5. The Balaban J connectivity index is 2.43. The van der Waals surface area contributed by atoms with Crippen molar-refractivity contribution in [1.29, 1.82) is 0 Å². The minimum absolute atomic E-state index is 0.0876. The highest BCUT2D eigenvalue weighted by Gasteiger charge is 2.27. The SMILES string of the molecule is O=C1NC(=O)C(=Cc2cc(O)ccc2O)C(=O)N1. The maximum Gasteiger partial charge on any atom is 0.328 e. The number of benzene rings is 1. The topological polar surface area (TPSA) is 116 Å². The van der Waals surface area contributed by atoms with E-state index in [-0.39, 0.29) is 22.6 Å². The number of hydrogen-bond donors (Lipinski definition) is 4. The van der Waals surface area contributed by atoms with E-state index in [2.05, 4.69) is 0 Å². The predicted octanol–water partition coefficient (Wildman–Crippen LogP) is -0.153. The normalized spacial score (nSPS) is 15.1. The summed E-state index contributed by atoms with van der Waals surface area (Å²) in [7, 11) is 0. The highest BCUT2D eigenvalue weighted by Crippen LogP contribution is 2.24. The Kier molecular flexibility index (Phi) is 2.72. The number of rotatable bonds is 1. The average molecular weight is 248 g/mol. The number of aromatic hydroxyl groups is 2. The largest absolute Gasteiger partial charge is 0.508 e. The molecule has 0 bridgehead atoms. The molecule has 0 radical (unpaired) electrons. The first-order chi connectivity index (χ1) is 8.47. The number of carbonyl (C=O) groups is 3. The first-order valence-corrected chi connectivity index (χ1v) is 4.87. The summed E-state index contributed by atoms with van der Waals surface area (Å²) in [5, 5.41) is 22.5. The Morgan fingerprint density at radius 3 is 2.22 bits per heavy atom. The summed E-state index contributed by atoms with van der Waals surface area (Å²) < 4.78 is 0. The summed E-state index contributed by atoms with van der Waals surface area (Å²) in [6, 6.07) is 2.74. The molecule has 7 nitrogen and oxygen atoms in total. The molecule has 1 heterocycles. The van der Waals surface area contributed by atoms with Crippen molar-refractivity contribution in [1.82, 2.24) is 10.6 Å². The van der Waals surface area contributed by atoms with Gasteiger partial charge in [0.2, 0.25) is 0 Å². The van der Waals surface area contributed by atoms with Crippen LogP contribution >= 0.6 is 0 Å². The number of carbonyl (C=O) groups excluding carboxylic acids is 3. The van der Waals surface area contributed by atoms with Crippen molar-refractivity contribution < 1.29 is 24.6 Å². The monoisotopic (exact) mass is 248 g/mol. The Labute approximate surface area is 101 Å². The summed E-state index contributed by atoms with van der Waals surface area (Å²) in [5.41, 5.74) is -0.250. The minimum Gasteiger partial charge on any atom is -0.508 e. The molecule has 1 aliphatic heterocycles. The molecule has 4 amide bonds. The summed E-state index contributed by atoms with van der Waals surface area (Å²) in [6.07, 6.45) is 1.08. The molecule has 18 heavy (non-hydrogen) atoms. The number of amides is 4. The zero-order chi connectivity index (χ0) is 13.3. The molecule has 0 aromatic heterocycles. The van der Waals surface area contributed by atoms with Crippen LogP contribution in [0.1, 0.15) is 5.56 Å². The lowest BCUT2D eigenvalue weighted by Crippen LogP contribution is -2.51. The zero-order valence-electron chi connectivity index (χ0n) is 8.93. The second-order valence-electron chi connectivity index (χ2n) is 3.54. The van der Waals surface area contributed by atoms with Crippen LogP contribution in [0.25, 0.3) is 6.08 Å². The van der Waals surface area contributed by atoms with Crippen molar-refractivity contribution in [2.45, 2.75) is 0 Å². The fraction of sp³-hybridized carbons (Fsp3) is 0. The summed E-state index contributed by atoms with van der Waals surface area (Å²) in [4.78, 5) is 33.6. The Bertz CT molecular complexity index is 569. The van der Waals surface area contributed by atoms with Gasteiger partial charge in [0.15, 0.2) is 0 Å². The van der Waals surface area contributed by atoms with Crippen LogP contribution in [-0.2, 0) is 9.59 Å². The van der Waals surface area contributed by atoms with Gasteiger partial charge in [-0.1, -0.05) is 0 Å². The maximum absolute atomic E-state index is 11.4. The van der Waals surface area contributed by atoms with Crippen molar-refractivity contribution in [2.75, 3.05) is 0 Å². The lowest BCUT2D eigenvalue weighted by Gasteiger charge is -2.14. The van der Waals surface area contributed by atoms with Crippen LogP contribution in [0.2, 0.25) is 0 Å². The lowest BCUT2D eigenvalue weighted by molar-refractivity contribution is -0.123. The van der Waals surface area contributed by atoms with E-state index in [1.807, 2.05) is 10.6 Å². The highest BCUT2D eigenvalue weighted by atomic mass is 16.3. The molecule has 4 N–H and O–H groups in total. The first kappa shape index (κ1) is 11.6. The van der Waals surface area contributed by atoms with E-state index >= 15 is 0 Å². The van der Waals surface area contributed by atoms with Gasteiger partial charge in [0, 0.05) is 5.56 Å². The smallest absolute Gasteiger partial charge is 0.328 e. The third kappa shape index (κ3) is 2.14. The number of imide groups is 2.